The molecule has 0 aromatic heterocycles. The van der Waals surface area contributed by atoms with Gasteiger partial charge in [-0.1, -0.05) is 25.1 Å². The molecule has 1 rings (SSSR count). The minimum atomic E-state index is -0.187. The minimum Gasteiger partial charge on any atom is -0.392 e. The van der Waals surface area contributed by atoms with Crippen molar-refractivity contribution in [2.24, 2.45) is 0 Å². The fraction of sp³-hybridized carbons (Fsp3) is 0.400. The van der Waals surface area contributed by atoms with Crippen molar-refractivity contribution < 1.29 is 9.90 Å². The van der Waals surface area contributed by atoms with Crippen LogP contribution >= 0.6 is 11.6 Å². The van der Waals surface area contributed by atoms with E-state index in [2.05, 4.69) is 0 Å². The van der Waals surface area contributed by atoms with Gasteiger partial charge in [0.25, 0.3) is 0 Å². The van der Waals surface area contributed by atoms with Gasteiger partial charge in [0.15, 0.2) is 0 Å². The first-order valence-electron chi connectivity index (χ1n) is 6.31. The molecular weight excluding hydrogens is 262 g/mol. The van der Waals surface area contributed by atoms with E-state index in [0.717, 1.165) is 23.2 Å². The maximum absolute atomic E-state index is 12.1. The molecule has 1 aromatic rings. The van der Waals surface area contributed by atoms with Crippen LogP contribution in [0.15, 0.2) is 30.0 Å². The second-order valence-electron chi connectivity index (χ2n) is 4.33. The summed E-state index contributed by atoms with van der Waals surface area (Å²) >= 11 is 5.71. The lowest BCUT2D eigenvalue weighted by Crippen LogP contribution is -2.32. The topological polar surface area (TPSA) is 40.5 Å². The van der Waals surface area contributed by atoms with Crippen LogP contribution in [0, 0.1) is 6.92 Å². The van der Waals surface area contributed by atoms with E-state index in [-0.39, 0.29) is 18.4 Å². The predicted octanol–water partition coefficient (Wildman–Crippen LogP) is 3.03. The van der Waals surface area contributed by atoms with Crippen LogP contribution in [0.5, 0.6) is 0 Å². The van der Waals surface area contributed by atoms with Crippen LogP contribution in [0.1, 0.15) is 25.0 Å². The molecule has 0 aliphatic carbocycles. The first kappa shape index (κ1) is 15.7. The zero-order valence-electron chi connectivity index (χ0n) is 11.6. The summed E-state index contributed by atoms with van der Waals surface area (Å²) < 4.78 is 0. The van der Waals surface area contributed by atoms with E-state index in [1.54, 1.807) is 17.9 Å². The highest BCUT2D eigenvalue weighted by Crippen LogP contribution is 2.29. The molecule has 0 saturated heterocycles. The van der Waals surface area contributed by atoms with Crippen LogP contribution < -0.4 is 4.90 Å². The van der Waals surface area contributed by atoms with Crippen molar-refractivity contribution in [2.75, 3.05) is 17.4 Å². The summed E-state index contributed by atoms with van der Waals surface area (Å²) in [5.41, 5.74) is 3.67. The summed E-state index contributed by atoms with van der Waals surface area (Å²) in [7, 11) is 0. The molecule has 1 amide bonds. The van der Waals surface area contributed by atoms with Crippen molar-refractivity contribution in [3.8, 4) is 0 Å². The number of benzene rings is 1. The molecule has 0 radical (unpaired) electrons. The molecule has 0 saturated carbocycles. The molecule has 0 bridgehead atoms. The number of rotatable bonds is 5. The molecule has 0 spiro atoms. The highest BCUT2D eigenvalue weighted by atomic mass is 35.5. The molecule has 0 aliphatic rings. The number of carbonyl (C=O) groups is 1. The van der Waals surface area contributed by atoms with Crippen LogP contribution in [0.25, 0.3) is 0 Å². The van der Waals surface area contributed by atoms with Crippen LogP contribution in [-0.4, -0.2) is 23.5 Å². The van der Waals surface area contributed by atoms with E-state index in [1.165, 1.54) is 0 Å². The number of halogens is 1. The number of carbonyl (C=O) groups excluding carboxylic acids is 1. The number of para-hydroxylation sites is 1. The molecule has 0 aliphatic heterocycles. The lowest BCUT2D eigenvalue weighted by atomic mass is 10.0. The average molecular weight is 282 g/mol. The third kappa shape index (κ3) is 3.58. The molecular formula is C15H20ClNO2. The summed E-state index contributed by atoms with van der Waals surface area (Å²) in [6.07, 6.45) is 2.44. The van der Waals surface area contributed by atoms with Gasteiger partial charge < -0.3 is 5.11 Å². The highest BCUT2D eigenvalue weighted by molar-refractivity contribution is 6.29. The Morgan fingerprint density at radius 3 is 2.68 bits per heavy atom. The van der Waals surface area contributed by atoms with Gasteiger partial charge >= 0.3 is 0 Å². The van der Waals surface area contributed by atoms with E-state index in [9.17, 15) is 4.79 Å². The van der Waals surface area contributed by atoms with Crippen molar-refractivity contribution in [3.63, 3.8) is 0 Å². The Morgan fingerprint density at radius 1 is 1.47 bits per heavy atom. The Balaban J connectivity index is 3.41. The number of amides is 1. The Labute approximate surface area is 119 Å². The van der Waals surface area contributed by atoms with E-state index < -0.39 is 0 Å². The van der Waals surface area contributed by atoms with Crippen LogP contribution in [0.3, 0.4) is 0 Å². The zero-order chi connectivity index (χ0) is 14.4. The number of alkyl halides is 1. The number of aryl methyl sites for hydroxylation is 2. The molecule has 19 heavy (non-hydrogen) atoms. The maximum Gasteiger partial charge on any atom is 0.246 e. The Kier molecular flexibility index (Phi) is 6.06. The summed E-state index contributed by atoms with van der Waals surface area (Å²) in [4.78, 5) is 13.7. The summed E-state index contributed by atoms with van der Waals surface area (Å²) in [5, 5.41) is 9.04. The number of anilines is 1. The minimum absolute atomic E-state index is 0.0892. The Morgan fingerprint density at radius 2 is 2.16 bits per heavy atom. The summed E-state index contributed by atoms with van der Waals surface area (Å²) in [6, 6.07) is 5.95. The molecule has 104 valence electrons. The van der Waals surface area contributed by atoms with Gasteiger partial charge in [0.1, 0.15) is 5.88 Å². The third-order valence-corrected chi connectivity index (χ3v) is 3.26. The van der Waals surface area contributed by atoms with Crippen molar-refractivity contribution in [2.45, 2.75) is 27.2 Å². The highest BCUT2D eigenvalue weighted by Gasteiger charge is 2.20. The van der Waals surface area contributed by atoms with Gasteiger partial charge in [-0.3, -0.25) is 9.69 Å². The van der Waals surface area contributed by atoms with Crippen molar-refractivity contribution in [3.05, 3.63) is 41.1 Å². The van der Waals surface area contributed by atoms with Gasteiger partial charge in [-0.25, -0.2) is 0 Å². The molecule has 0 unspecified atom stereocenters. The Bertz CT molecular complexity index is 483. The quantitative estimate of drug-likeness (QED) is 0.843. The normalized spacial score (nSPS) is 11.5. The van der Waals surface area contributed by atoms with Gasteiger partial charge in [-0.2, -0.15) is 0 Å². The van der Waals surface area contributed by atoms with Gasteiger partial charge in [0.2, 0.25) is 5.91 Å². The number of hydrogen-bond donors (Lipinski definition) is 1. The largest absolute Gasteiger partial charge is 0.392 e. The van der Waals surface area contributed by atoms with Crippen molar-refractivity contribution in [1.82, 2.24) is 0 Å². The molecule has 0 heterocycles. The van der Waals surface area contributed by atoms with Crippen LogP contribution in [0.2, 0.25) is 0 Å². The van der Waals surface area contributed by atoms with Gasteiger partial charge in [0, 0.05) is 5.70 Å². The third-order valence-electron chi connectivity index (χ3n) is 3.03. The van der Waals surface area contributed by atoms with E-state index in [0.29, 0.717) is 5.70 Å². The molecule has 0 fully saturated rings. The number of hydrogen-bond acceptors (Lipinski definition) is 2. The lowest BCUT2D eigenvalue weighted by molar-refractivity contribution is -0.115. The molecule has 1 aromatic carbocycles. The number of allylic oxidation sites excluding steroid dienone is 1. The maximum atomic E-state index is 12.1. The van der Waals surface area contributed by atoms with E-state index >= 15 is 0 Å². The SMILES string of the molecule is CCc1cccc(C)c1N(C(=O)CCl)C(C)=CCO. The molecule has 4 heteroatoms. The zero-order valence-corrected chi connectivity index (χ0v) is 12.4. The summed E-state index contributed by atoms with van der Waals surface area (Å²) in [5.74, 6) is -0.276. The number of aliphatic hydroxyl groups excluding tert-OH is 1. The number of aliphatic hydroxyl groups is 1. The number of nitrogens with zero attached hydrogens (tertiary/aromatic N) is 1. The predicted molar refractivity (Wildman–Crippen MR) is 79.6 cm³/mol. The summed E-state index contributed by atoms with van der Waals surface area (Å²) in [6.45, 7) is 5.71. The second-order valence-corrected chi connectivity index (χ2v) is 4.59. The van der Waals surface area contributed by atoms with Crippen molar-refractivity contribution in [1.29, 1.82) is 0 Å². The first-order valence-corrected chi connectivity index (χ1v) is 6.85. The molecule has 3 nitrogen and oxygen atoms in total. The standard InChI is InChI=1S/C15H20ClNO2/c1-4-13-7-5-6-11(2)15(13)17(14(19)10-16)12(3)8-9-18/h5-8,18H,4,9-10H2,1-3H3. The molecule has 1 N–H and O–H groups in total. The Hall–Kier alpha value is -1.32. The van der Waals surface area contributed by atoms with Gasteiger partial charge in [0.05, 0.1) is 12.3 Å². The van der Waals surface area contributed by atoms with Crippen molar-refractivity contribution >= 4 is 23.2 Å². The van der Waals surface area contributed by atoms with Gasteiger partial charge in [-0.05, 0) is 37.5 Å². The van der Waals surface area contributed by atoms with Gasteiger partial charge in [-0.15, -0.1) is 11.6 Å². The lowest BCUT2D eigenvalue weighted by Gasteiger charge is -2.27. The fourth-order valence-corrected chi connectivity index (χ4v) is 2.23. The van der Waals surface area contributed by atoms with Crippen LogP contribution in [-0.2, 0) is 11.2 Å². The first-order chi connectivity index (χ1) is 9.06. The average Bonchev–Trinajstić information content (AvgIpc) is 2.40. The van der Waals surface area contributed by atoms with Crippen LogP contribution in [0.4, 0.5) is 5.69 Å². The smallest absolute Gasteiger partial charge is 0.246 e. The molecule has 0 atom stereocenters. The fourth-order valence-electron chi connectivity index (χ4n) is 2.11. The van der Waals surface area contributed by atoms with E-state index in [4.69, 9.17) is 16.7 Å². The monoisotopic (exact) mass is 281 g/mol. The second kappa shape index (κ2) is 7.31. The van der Waals surface area contributed by atoms with E-state index in [1.807, 2.05) is 32.0 Å².